The molecule has 3 fully saturated rings. The van der Waals surface area contributed by atoms with Crippen LogP contribution in [-0.4, -0.2) is 98.9 Å². The van der Waals surface area contributed by atoms with E-state index >= 15 is 4.39 Å². The van der Waals surface area contributed by atoms with Crippen LogP contribution in [0.2, 0.25) is 0 Å². The zero-order valence-electron chi connectivity index (χ0n) is 23.0. The molecule has 25 heteroatoms. The maximum Gasteiger partial charge on any atom is 0.386 e. The summed E-state index contributed by atoms with van der Waals surface area (Å²) in [5.41, 5.74) is 11.2. The second kappa shape index (κ2) is 11.8. The van der Waals surface area contributed by atoms with Crippen molar-refractivity contribution in [2.45, 2.75) is 55.6 Å². The zero-order chi connectivity index (χ0) is 32.5. The van der Waals surface area contributed by atoms with Crippen LogP contribution in [-0.2, 0) is 43.9 Å². The quantitative estimate of drug-likeness (QED) is 0.118. The lowest BCUT2D eigenvalue weighted by Crippen LogP contribution is -2.36. The predicted molar refractivity (Wildman–Crippen MR) is 160 cm³/mol. The molecule has 7 N–H and O–H groups in total. The van der Waals surface area contributed by atoms with Crippen LogP contribution >= 0.6 is 25.8 Å². The van der Waals surface area contributed by atoms with E-state index in [-0.39, 0.29) is 47.1 Å². The topological polar surface area (TPSA) is 272 Å². The van der Waals surface area contributed by atoms with Crippen molar-refractivity contribution in [3.05, 3.63) is 29.3 Å². The van der Waals surface area contributed by atoms with E-state index in [1.165, 1.54) is 28.1 Å². The van der Waals surface area contributed by atoms with Crippen LogP contribution in [0.5, 0.6) is 0 Å². The van der Waals surface area contributed by atoms with Gasteiger partial charge < -0.3 is 40.0 Å². The van der Waals surface area contributed by atoms with Gasteiger partial charge in [0.25, 0.3) is 5.56 Å². The molecule has 3 saturated heterocycles. The van der Waals surface area contributed by atoms with Gasteiger partial charge in [0.05, 0.1) is 32.0 Å². The van der Waals surface area contributed by atoms with Crippen molar-refractivity contribution in [2.24, 2.45) is 0 Å². The number of hydrogen-bond acceptors (Lipinski definition) is 17. The Morgan fingerprint density at radius 2 is 1.74 bits per heavy atom. The normalized spacial score (nSPS) is 37.4. The highest BCUT2D eigenvalue weighted by molar-refractivity contribution is 8.44. The molecule has 4 aromatic rings. The van der Waals surface area contributed by atoms with Gasteiger partial charge in [-0.2, -0.15) is 4.98 Å². The number of anilines is 2. The Balaban J connectivity index is 1.16. The predicted octanol–water partition coefficient (Wildman–Crippen LogP) is 0.0797. The molecule has 0 aromatic carbocycles. The summed E-state index contributed by atoms with van der Waals surface area (Å²) in [7, 11) is 0. The van der Waals surface area contributed by atoms with E-state index in [9.17, 15) is 19.4 Å². The Morgan fingerprint density at radius 1 is 1.02 bits per heavy atom. The van der Waals surface area contributed by atoms with Crippen molar-refractivity contribution in [1.29, 1.82) is 0 Å². The van der Waals surface area contributed by atoms with Crippen molar-refractivity contribution in [2.75, 3.05) is 24.7 Å². The molecule has 0 saturated carbocycles. The van der Waals surface area contributed by atoms with Crippen molar-refractivity contribution >= 4 is 71.7 Å². The van der Waals surface area contributed by atoms with Gasteiger partial charge in [-0.25, -0.2) is 28.9 Å². The molecule has 248 valence electrons. The van der Waals surface area contributed by atoms with Crippen LogP contribution in [0, 0.1) is 0 Å². The third kappa shape index (κ3) is 5.73. The highest BCUT2D eigenvalue weighted by Crippen LogP contribution is 2.57. The number of nitrogen functional groups attached to an aromatic ring is 2. The summed E-state index contributed by atoms with van der Waals surface area (Å²) in [6.45, 7) is -9.44. The molecule has 3 aliphatic heterocycles. The van der Waals surface area contributed by atoms with Crippen LogP contribution in [0.15, 0.2) is 23.8 Å². The number of aromatic nitrogens is 8. The Kier molecular flexibility index (Phi) is 8.18. The fourth-order valence-electron chi connectivity index (χ4n) is 5.50. The standard InChI is InChI=1S/C21H25FN10O10P2S2/c22-9-13-7(39-19(9)31-5-27-10-15(23)25-4-26-16(10)31)1-2-37-43(35,45)42-14-8(3-38-44(36,46)41-13)40-20(12(14)33)32-6-28-11-17(32)29-21(24)30-18(11)34/h4-9,12-14,19-20,33H,1-3H2,(H,35,45)(H,36,46)(H2,23,25,26)(H3,24,29,30,34)/t7-,8-,9-,12-,13-,14-,19-,20-,43?,44?/m1/s1. The minimum absolute atomic E-state index is 0.0310. The van der Waals surface area contributed by atoms with E-state index in [1.54, 1.807) is 0 Å². The van der Waals surface area contributed by atoms with Gasteiger partial charge in [0, 0.05) is 6.42 Å². The number of alkyl halides is 1. The van der Waals surface area contributed by atoms with Crippen LogP contribution in [0.4, 0.5) is 16.2 Å². The molecule has 4 aromatic heterocycles. The number of nitrogens with two attached hydrogens (primary N) is 2. The van der Waals surface area contributed by atoms with Crippen LogP contribution in [0.3, 0.4) is 0 Å². The van der Waals surface area contributed by atoms with Crippen LogP contribution in [0.1, 0.15) is 18.9 Å². The van der Waals surface area contributed by atoms with Crippen molar-refractivity contribution < 1.29 is 46.5 Å². The number of aliphatic hydroxyl groups excluding tert-OH is 1. The average molecular weight is 723 g/mol. The first-order chi connectivity index (χ1) is 21.8. The van der Waals surface area contributed by atoms with E-state index < -0.39 is 74.8 Å². The number of hydrogen-bond donors (Lipinski definition) is 6. The van der Waals surface area contributed by atoms with Gasteiger partial charge in [-0.3, -0.25) is 28.0 Å². The minimum Gasteiger partial charge on any atom is -0.386 e. The average Bonchev–Trinajstić information content (AvgIpc) is 3.74. The summed E-state index contributed by atoms with van der Waals surface area (Å²) in [4.78, 5) is 45.8. The summed E-state index contributed by atoms with van der Waals surface area (Å²) < 4.78 is 66.0. The van der Waals surface area contributed by atoms with Gasteiger partial charge in [-0.15, -0.1) is 0 Å². The second-order valence-electron chi connectivity index (χ2n) is 10.4. The lowest BCUT2D eigenvalue weighted by Gasteiger charge is -2.25. The van der Waals surface area contributed by atoms with Gasteiger partial charge in [0.2, 0.25) is 5.95 Å². The maximum absolute atomic E-state index is 16.1. The Bertz CT molecular complexity index is 1970. The number of ether oxygens (including phenoxy) is 2. The number of aromatic amines is 1. The van der Waals surface area contributed by atoms with Crippen molar-refractivity contribution in [3.63, 3.8) is 0 Å². The van der Waals surface area contributed by atoms with Gasteiger partial charge in [-0.1, -0.05) is 12.2 Å². The second-order valence-corrected chi connectivity index (χ2v) is 16.1. The van der Waals surface area contributed by atoms with E-state index in [1.807, 2.05) is 0 Å². The van der Waals surface area contributed by atoms with Gasteiger partial charge in [0.15, 0.2) is 41.3 Å². The molecular weight excluding hydrogens is 697 g/mol. The summed E-state index contributed by atoms with van der Waals surface area (Å²) in [5.74, 6) is -0.148. The molecule has 3 aliphatic rings. The van der Waals surface area contributed by atoms with Gasteiger partial charge in [-0.05, 0) is 11.8 Å². The molecular formula is C21H25FN10O10P2S2. The van der Waals surface area contributed by atoms with E-state index in [0.717, 1.165) is 0 Å². The largest absolute Gasteiger partial charge is 0.386 e. The number of halogens is 1. The molecule has 2 unspecified atom stereocenters. The Morgan fingerprint density at radius 3 is 2.52 bits per heavy atom. The molecule has 20 nitrogen and oxygen atoms in total. The van der Waals surface area contributed by atoms with Crippen LogP contribution < -0.4 is 17.0 Å². The summed E-state index contributed by atoms with van der Waals surface area (Å²) in [6.07, 6.45) is -8.05. The maximum atomic E-state index is 16.1. The number of nitrogens with one attached hydrogen (secondary N) is 1. The van der Waals surface area contributed by atoms with Crippen LogP contribution in [0.25, 0.3) is 22.3 Å². The number of fused-ring (bicyclic) bond motifs is 4. The van der Waals surface area contributed by atoms with E-state index in [2.05, 4.69) is 42.2 Å². The molecule has 0 spiro atoms. The fraction of sp³-hybridized carbons (Fsp3) is 0.524. The number of H-pyrrole nitrogens is 1. The minimum atomic E-state index is -4.25. The SMILES string of the molecule is Nc1nc2c(ncn2[C@@H]2O[C@@H]3COP(O)(=S)O[C@H]4[C@@H](F)[C@H](n5cnc6c(N)ncnc65)O[C@@H]4CCOP(=O)(S)O[C@H]3[C@H]2O)c(=O)[nH]1. The molecule has 0 radical (unpaired) electrons. The highest BCUT2D eigenvalue weighted by Gasteiger charge is 2.52. The first-order valence-corrected chi connectivity index (χ1v) is 18.7. The number of imidazole rings is 2. The first-order valence-electron chi connectivity index (χ1n) is 13.4. The summed E-state index contributed by atoms with van der Waals surface area (Å²) in [6, 6.07) is 0. The van der Waals surface area contributed by atoms with Crippen molar-refractivity contribution in [3.8, 4) is 0 Å². The Labute approximate surface area is 266 Å². The molecule has 0 amide bonds. The number of rotatable bonds is 2. The number of thiol groups is 1. The first kappa shape index (κ1) is 31.9. The number of nitrogens with zero attached hydrogens (tertiary/aromatic N) is 7. The van der Waals surface area contributed by atoms with Crippen molar-refractivity contribution in [1.82, 2.24) is 39.0 Å². The molecule has 7 heterocycles. The van der Waals surface area contributed by atoms with Gasteiger partial charge in [0.1, 0.15) is 36.3 Å². The van der Waals surface area contributed by atoms with Gasteiger partial charge >= 0.3 is 13.5 Å². The lowest BCUT2D eigenvalue weighted by molar-refractivity contribution is -0.0507. The third-order valence-corrected chi connectivity index (χ3v) is 10.7. The zero-order valence-corrected chi connectivity index (χ0v) is 26.5. The molecule has 10 atom stereocenters. The summed E-state index contributed by atoms with van der Waals surface area (Å²) in [5, 5.41) is 11.2. The Hall–Kier alpha value is -2.66. The highest BCUT2D eigenvalue weighted by atomic mass is 32.7. The fourth-order valence-corrected chi connectivity index (χ4v) is 8.47. The summed E-state index contributed by atoms with van der Waals surface area (Å²) >= 11 is 9.26. The monoisotopic (exact) mass is 722 g/mol. The number of aliphatic hydroxyl groups is 1. The molecule has 7 rings (SSSR count). The van der Waals surface area contributed by atoms with E-state index in [0.29, 0.717) is 0 Å². The molecule has 0 aliphatic carbocycles. The molecule has 46 heavy (non-hydrogen) atoms. The third-order valence-electron chi connectivity index (χ3n) is 7.53. The molecule has 0 bridgehead atoms. The van der Waals surface area contributed by atoms with E-state index in [4.69, 9.17) is 50.8 Å². The smallest absolute Gasteiger partial charge is 0.386 e. The lowest BCUT2D eigenvalue weighted by atomic mass is 10.1.